The highest BCUT2D eigenvalue weighted by atomic mass is 16.5. The minimum Gasteiger partial charge on any atom is -0.496 e. The predicted octanol–water partition coefficient (Wildman–Crippen LogP) is 2.24. The number of rotatable bonds is 3. The van der Waals surface area contributed by atoms with E-state index in [2.05, 4.69) is 0 Å². The standard InChI is InChI=1S/C12H11NO4/c1-16-9-3-2-7(13)6-8(9)10-4-5-11(17-10)12(14)15/h2-6H,13H2,1H3,(H,14,15). The number of hydrogen-bond acceptors (Lipinski definition) is 4. The number of nitrogens with two attached hydrogens (primary N) is 1. The van der Waals surface area contributed by atoms with Crippen LogP contribution < -0.4 is 10.5 Å². The first-order chi connectivity index (χ1) is 8.11. The van der Waals surface area contributed by atoms with E-state index in [1.807, 2.05) is 0 Å². The van der Waals surface area contributed by atoms with Crippen LogP contribution in [0.2, 0.25) is 0 Å². The SMILES string of the molecule is COc1ccc(N)cc1-c1ccc(C(=O)O)o1. The van der Waals surface area contributed by atoms with Crippen LogP contribution >= 0.6 is 0 Å². The third kappa shape index (κ3) is 2.08. The molecule has 0 aliphatic heterocycles. The second-order valence-corrected chi connectivity index (χ2v) is 3.43. The highest BCUT2D eigenvalue weighted by Gasteiger charge is 2.13. The fraction of sp³-hybridized carbons (Fsp3) is 0.0833. The summed E-state index contributed by atoms with van der Waals surface area (Å²) in [6, 6.07) is 8.03. The molecule has 3 N–H and O–H groups in total. The molecule has 1 aromatic carbocycles. The fourth-order valence-electron chi connectivity index (χ4n) is 1.52. The summed E-state index contributed by atoms with van der Waals surface area (Å²) >= 11 is 0. The van der Waals surface area contributed by atoms with Crippen molar-refractivity contribution in [1.29, 1.82) is 0 Å². The Kier molecular flexibility index (Phi) is 2.74. The molecule has 5 nitrogen and oxygen atoms in total. The van der Waals surface area contributed by atoms with Crippen LogP contribution in [0, 0.1) is 0 Å². The number of ether oxygens (including phenoxy) is 1. The van der Waals surface area contributed by atoms with Gasteiger partial charge in [0.2, 0.25) is 5.76 Å². The summed E-state index contributed by atoms with van der Waals surface area (Å²) in [6.45, 7) is 0. The quantitative estimate of drug-likeness (QED) is 0.794. The van der Waals surface area contributed by atoms with E-state index in [-0.39, 0.29) is 5.76 Å². The van der Waals surface area contributed by atoms with E-state index >= 15 is 0 Å². The Balaban J connectivity index is 2.51. The summed E-state index contributed by atoms with van der Waals surface area (Å²) in [4.78, 5) is 10.7. The Morgan fingerprint density at radius 1 is 1.35 bits per heavy atom. The first-order valence-electron chi connectivity index (χ1n) is 4.89. The van der Waals surface area contributed by atoms with E-state index in [9.17, 15) is 4.79 Å². The molecule has 17 heavy (non-hydrogen) atoms. The number of nitrogen functional groups attached to an aromatic ring is 1. The number of hydrogen-bond donors (Lipinski definition) is 2. The van der Waals surface area contributed by atoms with Gasteiger partial charge in [0, 0.05) is 5.69 Å². The normalized spacial score (nSPS) is 10.2. The van der Waals surface area contributed by atoms with Gasteiger partial charge in [-0.1, -0.05) is 0 Å². The largest absolute Gasteiger partial charge is 0.496 e. The topological polar surface area (TPSA) is 85.7 Å². The Hall–Kier alpha value is -2.43. The molecule has 0 bridgehead atoms. The van der Waals surface area contributed by atoms with Crippen molar-refractivity contribution in [3.63, 3.8) is 0 Å². The van der Waals surface area contributed by atoms with Gasteiger partial charge in [0.25, 0.3) is 0 Å². The molecule has 0 spiro atoms. The van der Waals surface area contributed by atoms with Crippen LogP contribution in [-0.2, 0) is 0 Å². The molecule has 0 radical (unpaired) electrons. The van der Waals surface area contributed by atoms with Crippen LogP contribution in [0.3, 0.4) is 0 Å². The Morgan fingerprint density at radius 3 is 2.71 bits per heavy atom. The molecular formula is C12H11NO4. The van der Waals surface area contributed by atoms with Crippen molar-refractivity contribution < 1.29 is 19.1 Å². The van der Waals surface area contributed by atoms with Gasteiger partial charge in [-0.25, -0.2) is 4.79 Å². The smallest absolute Gasteiger partial charge is 0.371 e. The van der Waals surface area contributed by atoms with Crippen LogP contribution in [0.4, 0.5) is 5.69 Å². The number of benzene rings is 1. The maximum Gasteiger partial charge on any atom is 0.371 e. The van der Waals surface area contributed by atoms with Crippen LogP contribution in [-0.4, -0.2) is 18.2 Å². The molecule has 0 amide bonds. The summed E-state index contributed by atoms with van der Waals surface area (Å²) < 4.78 is 10.4. The lowest BCUT2D eigenvalue weighted by molar-refractivity contribution is 0.0663. The number of anilines is 1. The molecule has 0 atom stereocenters. The van der Waals surface area contributed by atoms with Gasteiger partial charge in [0.1, 0.15) is 11.5 Å². The summed E-state index contributed by atoms with van der Waals surface area (Å²) in [5.74, 6) is -0.249. The van der Waals surface area contributed by atoms with Crippen molar-refractivity contribution in [2.75, 3.05) is 12.8 Å². The van der Waals surface area contributed by atoms with Crippen molar-refractivity contribution in [3.8, 4) is 17.1 Å². The fourth-order valence-corrected chi connectivity index (χ4v) is 1.52. The van der Waals surface area contributed by atoms with Crippen molar-refractivity contribution >= 4 is 11.7 Å². The third-order valence-electron chi connectivity index (χ3n) is 2.31. The molecule has 0 saturated heterocycles. The van der Waals surface area contributed by atoms with Crippen LogP contribution in [0.25, 0.3) is 11.3 Å². The van der Waals surface area contributed by atoms with E-state index in [1.165, 1.54) is 13.2 Å². The number of furan rings is 1. The molecule has 1 heterocycles. The molecule has 0 aliphatic rings. The van der Waals surface area contributed by atoms with Gasteiger partial charge < -0.3 is 20.0 Å². The number of aromatic carboxylic acids is 1. The van der Waals surface area contributed by atoms with Gasteiger partial charge in [-0.15, -0.1) is 0 Å². The van der Waals surface area contributed by atoms with E-state index in [1.54, 1.807) is 24.3 Å². The van der Waals surface area contributed by atoms with Gasteiger partial charge in [-0.3, -0.25) is 0 Å². The van der Waals surface area contributed by atoms with Crippen LogP contribution in [0.15, 0.2) is 34.7 Å². The van der Waals surface area contributed by atoms with E-state index in [0.29, 0.717) is 22.8 Å². The second-order valence-electron chi connectivity index (χ2n) is 3.43. The zero-order valence-electron chi connectivity index (χ0n) is 9.14. The van der Waals surface area contributed by atoms with Crippen molar-refractivity contribution in [2.45, 2.75) is 0 Å². The molecule has 0 unspecified atom stereocenters. The van der Waals surface area contributed by atoms with Gasteiger partial charge in [-0.05, 0) is 30.3 Å². The lowest BCUT2D eigenvalue weighted by Gasteiger charge is -2.06. The molecule has 1 aromatic heterocycles. The van der Waals surface area contributed by atoms with Gasteiger partial charge in [-0.2, -0.15) is 0 Å². The molecule has 2 aromatic rings. The number of carboxylic acids is 1. The Morgan fingerprint density at radius 2 is 2.12 bits per heavy atom. The van der Waals surface area contributed by atoms with Gasteiger partial charge >= 0.3 is 5.97 Å². The van der Waals surface area contributed by atoms with Gasteiger partial charge in [0.05, 0.1) is 12.7 Å². The molecule has 0 saturated carbocycles. The molecule has 88 valence electrons. The van der Waals surface area contributed by atoms with Crippen molar-refractivity contribution in [1.82, 2.24) is 0 Å². The first kappa shape index (κ1) is 11.1. The maximum atomic E-state index is 10.7. The van der Waals surface area contributed by atoms with E-state index < -0.39 is 5.97 Å². The number of carbonyl (C=O) groups is 1. The molecule has 2 rings (SSSR count). The van der Waals surface area contributed by atoms with Crippen molar-refractivity contribution in [3.05, 3.63) is 36.1 Å². The second kappa shape index (κ2) is 4.21. The lowest BCUT2D eigenvalue weighted by atomic mass is 10.1. The number of carboxylic acid groups (broad SMARTS) is 1. The molecule has 0 fully saturated rings. The zero-order chi connectivity index (χ0) is 12.4. The lowest BCUT2D eigenvalue weighted by Crippen LogP contribution is -1.92. The van der Waals surface area contributed by atoms with Crippen molar-refractivity contribution in [2.24, 2.45) is 0 Å². The molecular weight excluding hydrogens is 222 g/mol. The summed E-state index contributed by atoms with van der Waals surface area (Å²) in [5, 5.41) is 8.78. The van der Waals surface area contributed by atoms with Gasteiger partial charge in [0.15, 0.2) is 0 Å². The minimum absolute atomic E-state index is 0.121. The van der Waals surface area contributed by atoms with E-state index in [0.717, 1.165) is 0 Å². The highest BCUT2D eigenvalue weighted by Crippen LogP contribution is 2.32. The molecule has 5 heteroatoms. The monoisotopic (exact) mass is 233 g/mol. The minimum atomic E-state index is -1.11. The van der Waals surface area contributed by atoms with E-state index in [4.69, 9.17) is 20.0 Å². The Bertz CT molecular complexity index is 559. The first-order valence-corrected chi connectivity index (χ1v) is 4.89. The average Bonchev–Trinajstić information content (AvgIpc) is 2.78. The number of methoxy groups -OCH3 is 1. The van der Waals surface area contributed by atoms with Crippen LogP contribution in [0.5, 0.6) is 5.75 Å². The predicted molar refractivity (Wildman–Crippen MR) is 62.1 cm³/mol. The molecule has 0 aliphatic carbocycles. The summed E-state index contributed by atoms with van der Waals surface area (Å²) in [6.07, 6.45) is 0. The van der Waals surface area contributed by atoms with Crippen LogP contribution in [0.1, 0.15) is 10.6 Å². The summed E-state index contributed by atoms with van der Waals surface area (Å²) in [7, 11) is 1.52. The zero-order valence-corrected chi connectivity index (χ0v) is 9.14. The maximum absolute atomic E-state index is 10.7. The summed E-state index contributed by atoms with van der Waals surface area (Å²) in [5.41, 5.74) is 6.85. The Labute approximate surface area is 97.4 Å². The third-order valence-corrected chi connectivity index (χ3v) is 2.31. The average molecular weight is 233 g/mol. The highest BCUT2D eigenvalue weighted by molar-refractivity contribution is 5.85.